The molecule has 0 atom stereocenters. The maximum Gasteiger partial charge on any atom is 0.136 e. The summed E-state index contributed by atoms with van der Waals surface area (Å²) in [5, 5.41) is 0. The smallest absolute Gasteiger partial charge is 0.136 e. The van der Waals surface area contributed by atoms with Crippen molar-refractivity contribution in [3.05, 3.63) is 29.9 Å². The number of hydrogen-bond acceptors (Lipinski definition) is 1. The average molecular weight is 192 g/mol. The predicted octanol–water partition coefficient (Wildman–Crippen LogP) is 3.74. The van der Waals surface area contributed by atoms with Gasteiger partial charge in [-0.2, -0.15) is 0 Å². The molecule has 0 N–H and O–H groups in total. The standard InChI is InChI=1S/C10H14N2.C2H6/c1-5-10-11-9(4)7-12(10)6-8(2)3;1-2/h5-7H,1H2,2-4H3;1-2H3. The number of aryl methyl sites for hydroxylation is 1. The highest BCUT2D eigenvalue weighted by molar-refractivity contribution is 5.44. The van der Waals surface area contributed by atoms with Crippen LogP contribution in [-0.2, 0) is 0 Å². The SMILES string of the molecule is C=Cc1nc(C)cn1C=C(C)C.CC. The molecule has 0 unspecified atom stereocenters. The van der Waals surface area contributed by atoms with Crippen LogP contribution in [0.1, 0.15) is 39.2 Å². The molecule has 2 nitrogen and oxygen atoms in total. The second-order valence-corrected chi connectivity index (χ2v) is 3.06. The molecule has 0 saturated heterocycles. The molecule has 0 radical (unpaired) electrons. The van der Waals surface area contributed by atoms with Crippen molar-refractivity contribution in [2.45, 2.75) is 34.6 Å². The fourth-order valence-electron chi connectivity index (χ4n) is 1.07. The molecule has 0 aliphatic heterocycles. The topological polar surface area (TPSA) is 17.8 Å². The minimum Gasteiger partial charge on any atom is -0.307 e. The Bertz CT molecular complexity index is 315. The van der Waals surface area contributed by atoms with Crippen molar-refractivity contribution in [1.29, 1.82) is 0 Å². The zero-order valence-corrected chi connectivity index (χ0v) is 9.83. The quantitative estimate of drug-likeness (QED) is 0.698. The summed E-state index contributed by atoms with van der Waals surface area (Å²) in [6.45, 7) is 13.8. The second-order valence-electron chi connectivity index (χ2n) is 3.06. The Labute approximate surface area is 87.0 Å². The first-order chi connectivity index (χ1) is 6.63. The number of nitrogens with zero attached hydrogens (tertiary/aromatic N) is 2. The summed E-state index contributed by atoms with van der Waals surface area (Å²) in [4.78, 5) is 4.28. The fourth-order valence-corrected chi connectivity index (χ4v) is 1.07. The van der Waals surface area contributed by atoms with E-state index in [2.05, 4.69) is 25.4 Å². The second kappa shape index (κ2) is 6.19. The molecule has 0 aromatic carbocycles. The van der Waals surface area contributed by atoms with E-state index in [1.807, 2.05) is 37.7 Å². The summed E-state index contributed by atoms with van der Waals surface area (Å²) in [6.07, 6.45) is 5.79. The molecule has 0 aliphatic carbocycles. The first kappa shape index (κ1) is 12.7. The fraction of sp³-hybridized carbons (Fsp3) is 0.417. The molecular formula is C12H20N2. The zero-order valence-electron chi connectivity index (χ0n) is 9.83. The lowest BCUT2D eigenvalue weighted by atomic mass is 10.4. The lowest BCUT2D eigenvalue weighted by Gasteiger charge is -1.96. The molecule has 1 rings (SSSR count). The van der Waals surface area contributed by atoms with Crippen molar-refractivity contribution >= 4 is 12.3 Å². The van der Waals surface area contributed by atoms with Crippen molar-refractivity contribution in [1.82, 2.24) is 9.55 Å². The minimum atomic E-state index is 0.897. The van der Waals surface area contributed by atoms with E-state index in [4.69, 9.17) is 0 Å². The van der Waals surface area contributed by atoms with Crippen LogP contribution in [0.3, 0.4) is 0 Å². The van der Waals surface area contributed by atoms with Gasteiger partial charge in [-0.3, -0.25) is 0 Å². The van der Waals surface area contributed by atoms with Gasteiger partial charge in [0.1, 0.15) is 5.82 Å². The molecule has 1 heterocycles. The van der Waals surface area contributed by atoms with Crippen molar-refractivity contribution in [2.75, 3.05) is 0 Å². The molecule has 78 valence electrons. The molecule has 0 spiro atoms. The van der Waals surface area contributed by atoms with Gasteiger partial charge in [-0.05, 0) is 26.8 Å². The van der Waals surface area contributed by atoms with E-state index in [9.17, 15) is 0 Å². The molecule has 0 aliphatic rings. The van der Waals surface area contributed by atoms with Crippen molar-refractivity contribution in [3.63, 3.8) is 0 Å². The van der Waals surface area contributed by atoms with Gasteiger partial charge in [0.15, 0.2) is 0 Å². The van der Waals surface area contributed by atoms with Gasteiger partial charge in [0.25, 0.3) is 0 Å². The summed E-state index contributed by atoms with van der Waals surface area (Å²) in [5.41, 5.74) is 2.26. The average Bonchev–Trinajstić information content (AvgIpc) is 2.48. The van der Waals surface area contributed by atoms with E-state index in [0.717, 1.165) is 11.5 Å². The minimum absolute atomic E-state index is 0.897. The summed E-state index contributed by atoms with van der Waals surface area (Å²) in [6, 6.07) is 0. The Morgan fingerprint density at radius 1 is 1.43 bits per heavy atom. The molecule has 1 aromatic heterocycles. The van der Waals surface area contributed by atoms with Crippen LogP contribution in [0.2, 0.25) is 0 Å². The van der Waals surface area contributed by atoms with Gasteiger partial charge in [-0.15, -0.1) is 0 Å². The van der Waals surface area contributed by atoms with E-state index in [0.29, 0.717) is 0 Å². The molecule has 2 heteroatoms. The van der Waals surface area contributed by atoms with Gasteiger partial charge in [0, 0.05) is 12.4 Å². The van der Waals surface area contributed by atoms with Gasteiger partial charge < -0.3 is 4.57 Å². The number of allylic oxidation sites excluding steroid dienone is 1. The molecule has 0 saturated carbocycles. The van der Waals surface area contributed by atoms with Gasteiger partial charge >= 0.3 is 0 Å². The highest BCUT2D eigenvalue weighted by Gasteiger charge is 1.97. The molecule has 0 bridgehead atoms. The first-order valence-electron chi connectivity index (χ1n) is 4.96. The van der Waals surface area contributed by atoms with Gasteiger partial charge in [-0.25, -0.2) is 4.98 Å². The van der Waals surface area contributed by atoms with Gasteiger partial charge in [0.2, 0.25) is 0 Å². The predicted molar refractivity (Wildman–Crippen MR) is 64.0 cm³/mol. The van der Waals surface area contributed by atoms with Crippen LogP contribution in [0.25, 0.3) is 12.3 Å². The first-order valence-corrected chi connectivity index (χ1v) is 4.96. The Morgan fingerprint density at radius 3 is 2.43 bits per heavy atom. The van der Waals surface area contributed by atoms with E-state index in [1.165, 1.54) is 5.57 Å². The van der Waals surface area contributed by atoms with Crippen LogP contribution in [0.4, 0.5) is 0 Å². The molecule has 14 heavy (non-hydrogen) atoms. The Hall–Kier alpha value is -1.31. The Kier molecular flexibility index (Phi) is 5.61. The summed E-state index contributed by atoms with van der Waals surface area (Å²) >= 11 is 0. The molecule has 0 fully saturated rings. The van der Waals surface area contributed by atoms with Crippen LogP contribution in [-0.4, -0.2) is 9.55 Å². The van der Waals surface area contributed by atoms with Crippen molar-refractivity contribution in [3.8, 4) is 0 Å². The van der Waals surface area contributed by atoms with Gasteiger partial charge in [0.05, 0.1) is 5.69 Å². The summed E-state index contributed by atoms with van der Waals surface area (Å²) in [5.74, 6) is 0.897. The van der Waals surface area contributed by atoms with Crippen LogP contribution < -0.4 is 0 Å². The Morgan fingerprint density at radius 2 is 2.00 bits per heavy atom. The van der Waals surface area contributed by atoms with Crippen LogP contribution >= 0.6 is 0 Å². The summed E-state index contributed by atoms with van der Waals surface area (Å²) in [7, 11) is 0. The third kappa shape index (κ3) is 3.60. The maximum atomic E-state index is 4.28. The van der Waals surface area contributed by atoms with Crippen LogP contribution in [0.5, 0.6) is 0 Å². The van der Waals surface area contributed by atoms with E-state index in [-0.39, 0.29) is 0 Å². The third-order valence-electron chi connectivity index (χ3n) is 1.46. The monoisotopic (exact) mass is 192 g/mol. The Balaban J connectivity index is 0.000000791. The maximum absolute atomic E-state index is 4.28. The van der Waals surface area contributed by atoms with Crippen LogP contribution in [0, 0.1) is 6.92 Å². The third-order valence-corrected chi connectivity index (χ3v) is 1.46. The molecule has 1 aromatic rings. The molecule has 0 amide bonds. The number of aromatic nitrogens is 2. The highest BCUT2D eigenvalue weighted by atomic mass is 15.0. The number of imidazole rings is 1. The number of rotatable bonds is 2. The normalized spacial score (nSPS) is 8.64. The zero-order chi connectivity index (χ0) is 11.1. The highest BCUT2D eigenvalue weighted by Crippen LogP contribution is 2.06. The van der Waals surface area contributed by atoms with Gasteiger partial charge in [-0.1, -0.05) is 26.0 Å². The molecular weight excluding hydrogens is 172 g/mol. The van der Waals surface area contributed by atoms with E-state index in [1.54, 1.807) is 6.08 Å². The van der Waals surface area contributed by atoms with E-state index < -0.39 is 0 Å². The van der Waals surface area contributed by atoms with Crippen molar-refractivity contribution < 1.29 is 0 Å². The van der Waals surface area contributed by atoms with E-state index >= 15 is 0 Å². The number of hydrogen-bond donors (Lipinski definition) is 0. The van der Waals surface area contributed by atoms with Crippen LogP contribution in [0.15, 0.2) is 18.3 Å². The lowest BCUT2D eigenvalue weighted by Crippen LogP contribution is -1.88. The lowest BCUT2D eigenvalue weighted by molar-refractivity contribution is 1.09. The van der Waals surface area contributed by atoms with Crippen molar-refractivity contribution in [2.24, 2.45) is 0 Å². The summed E-state index contributed by atoms with van der Waals surface area (Å²) < 4.78 is 1.98. The largest absolute Gasteiger partial charge is 0.307 e.